The minimum absolute atomic E-state index is 0.0993. The van der Waals surface area contributed by atoms with Crippen molar-refractivity contribution < 1.29 is 19.1 Å². The number of hydrogen-bond acceptors (Lipinski definition) is 4. The molecule has 0 saturated carbocycles. The van der Waals surface area contributed by atoms with Crippen LogP contribution in [0.25, 0.3) is 16.6 Å². The lowest BCUT2D eigenvalue weighted by Crippen LogP contribution is -2.21. The third-order valence-electron chi connectivity index (χ3n) is 3.85. The van der Waals surface area contributed by atoms with E-state index in [1.807, 2.05) is 54.6 Å². The molecule has 3 rings (SSSR count). The maximum absolute atomic E-state index is 12.8. The zero-order valence-electron chi connectivity index (χ0n) is 13.8. The predicted molar refractivity (Wildman–Crippen MR) is 93.4 cm³/mol. The Morgan fingerprint density at radius 1 is 1.00 bits per heavy atom. The predicted octanol–water partition coefficient (Wildman–Crippen LogP) is 3.31. The van der Waals surface area contributed by atoms with Crippen LogP contribution in [0.1, 0.15) is 23.8 Å². The quantitative estimate of drug-likeness (QED) is 0.300. The fraction of sp³-hybridized carbons (Fsp3) is 0.150. The second-order valence-electron chi connectivity index (χ2n) is 5.51. The molecule has 0 bridgehead atoms. The van der Waals surface area contributed by atoms with Gasteiger partial charge in [-0.25, -0.2) is 4.79 Å². The first-order chi connectivity index (χ1) is 12.1. The number of Topliss-reactive ketones (excluding diaryl/α,β-unsaturated/α-hetero) is 2. The van der Waals surface area contributed by atoms with E-state index in [4.69, 9.17) is 0 Å². The average molecular weight is 335 g/mol. The Morgan fingerprint density at radius 2 is 1.72 bits per heavy atom. The van der Waals surface area contributed by atoms with Crippen LogP contribution >= 0.6 is 0 Å². The summed E-state index contributed by atoms with van der Waals surface area (Å²) in [6, 6.07) is 16.9. The van der Waals surface area contributed by atoms with Crippen LogP contribution in [0.15, 0.2) is 60.8 Å². The molecule has 0 unspecified atom stereocenters. The van der Waals surface area contributed by atoms with Crippen LogP contribution in [-0.2, 0) is 14.3 Å². The Hall–Kier alpha value is -3.21. The molecule has 0 aliphatic carbocycles. The van der Waals surface area contributed by atoms with Crippen molar-refractivity contribution in [3.05, 3.63) is 66.5 Å². The summed E-state index contributed by atoms with van der Waals surface area (Å²) in [6.45, 7) is 1.71. The summed E-state index contributed by atoms with van der Waals surface area (Å²) in [5.74, 6) is -2.22. The molecule has 5 nitrogen and oxygen atoms in total. The molecular weight excluding hydrogens is 318 g/mol. The zero-order chi connectivity index (χ0) is 17.8. The van der Waals surface area contributed by atoms with E-state index >= 15 is 0 Å². The van der Waals surface area contributed by atoms with Gasteiger partial charge in [0.05, 0.1) is 18.7 Å². The van der Waals surface area contributed by atoms with E-state index < -0.39 is 24.0 Å². The molecule has 0 radical (unpaired) electrons. The van der Waals surface area contributed by atoms with Crippen molar-refractivity contribution in [1.82, 2.24) is 4.40 Å². The summed E-state index contributed by atoms with van der Waals surface area (Å²) in [5, 5.41) is 0. The van der Waals surface area contributed by atoms with E-state index in [1.165, 1.54) is 0 Å². The maximum Gasteiger partial charge on any atom is 0.375 e. The Labute approximate surface area is 144 Å². The van der Waals surface area contributed by atoms with Crippen LogP contribution < -0.4 is 0 Å². The minimum Gasteiger partial charge on any atom is -0.460 e. The van der Waals surface area contributed by atoms with Gasteiger partial charge in [-0.1, -0.05) is 36.4 Å². The number of benzene rings is 1. The number of ether oxygens (including phenoxy) is 1. The van der Waals surface area contributed by atoms with Crippen molar-refractivity contribution >= 4 is 23.1 Å². The van der Waals surface area contributed by atoms with Gasteiger partial charge in [-0.2, -0.15) is 0 Å². The van der Waals surface area contributed by atoms with Gasteiger partial charge in [0, 0.05) is 17.3 Å². The van der Waals surface area contributed by atoms with Crippen molar-refractivity contribution in [3.63, 3.8) is 0 Å². The summed E-state index contributed by atoms with van der Waals surface area (Å²) < 4.78 is 6.42. The molecule has 0 fully saturated rings. The maximum atomic E-state index is 12.8. The molecule has 25 heavy (non-hydrogen) atoms. The molecule has 0 amide bonds. The van der Waals surface area contributed by atoms with Crippen molar-refractivity contribution in [2.75, 3.05) is 6.61 Å². The number of aromatic nitrogens is 1. The standard InChI is InChI=1S/C20H17NO4/c1-2-25-20(24)18(23)13-17(22)19-16(14-8-4-3-5-9-14)12-15-10-6-7-11-21(15)19/h3-12H,2,13H2,1H3. The number of esters is 1. The Kier molecular flexibility index (Phi) is 4.75. The Bertz CT molecular complexity index is 941. The third-order valence-corrected chi connectivity index (χ3v) is 3.85. The highest BCUT2D eigenvalue weighted by Crippen LogP contribution is 2.28. The summed E-state index contributed by atoms with van der Waals surface area (Å²) in [4.78, 5) is 36.2. The first-order valence-corrected chi connectivity index (χ1v) is 8.00. The number of carbonyl (C=O) groups is 3. The topological polar surface area (TPSA) is 64.9 Å². The van der Waals surface area contributed by atoms with Gasteiger partial charge in [0.15, 0.2) is 5.78 Å². The number of rotatable bonds is 6. The number of carbonyl (C=O) groups excluding carboxylic acids is 3. The highest BCUT2D eigenvalue weighted by molar-refractivity contribution is 6.38. The monoisotopic (exact) mass is 335 g/mol. The summed E-state index contributed by atoms with van der Waals surface area (Å²) >= 11 is 0. The first kappa shape index (κ1) is 16.6. The van der Waals surface area contributed by atoms with Crippen LogP contribution in [0.3, 0.4) is 0 Å². The van der Waals surface area contributed by atoms with E-state index in [2.05, 4.69) is 4.74 Å². The van der Waals surface area contributed by atoms with Crippen molar-refractivity contribution in [2.24, 2.45) is 0 Å². The van der Waals surface area contributed by atoms with Gasteiger partial charge < -0.3 is 9.14 Å². The number of fused-ring (bicyclic) bond motifs is 1. The molecule has 0 atom stereocenters. The van der Waals surface area contributed by atoms with Crippen LogP contribution in [0.2, 0.25) is 0 Å². The lowest BCUT2D eigenvalue weighted by Gasteiger charge is -2.06. The third kappa shape index (κ3) is 3.35. The van der Waals surface area contributed by atoms with Crippen molar-refractivity contribution in [2.45, 2.75) is 13.3 Å². The molecule has 0 saturated heterocycles. The molecule has 5 heteroatoms. The van der Waals surface area contributed by atoms with Gasteiger partial charge >= 0.3 is 5.97 Å². The number of nitrogens with zero attached hydrogens (tertiary/aromatic N) is 1. The first-order valence-electron chi connectivity index (χ1n) is 8.00. The highest BCUT2D eigenvalue weighted by Gasteiger charge is 2.24. The molecule has 3 aromatic rings. The zero-order valence-corrected chi connectivity index (χ0v) is 13.8. The van der Waals surface area contributed by atoms with Crippen molar-refractivity contribution in [3.8, 4) is 11.1 Å². The Balaban J connectivity index is 2.04. The van der Waals surface area contributed by atoms with E-state index in [0.717, 1.165) is 16.6 Å². The van der Waals surface area contributed by atoms with Crippen LogP contribution in [0.4, 0.5) is 0 Å². The molecule has 0 N–H and O–H groups in total. The average Bonchev–Trinajstić information content (AvgIpc) is 3.02. The molecule has 0 aliphatic heterocycles. The highest BCUT2D eigenvalue weighted by atomic mass is 16.5. The number of hydrogen-bond donors (Lipinski definition) is 0. The molecule has 1 aromatic carbocycles. The van der Waals surface area contributed by atoms with Gasteiger partial charge in [0.1, 0.15) is 0 Å². The molecule has 2 heterocycles. The fourth-order valence-electron chi connectivity index (χ4n) is 2.76. The number of pyridine rings is 1. The fourth-order valence-corrected chi connectivity index (χ4v) is 2.76. The van der Waals surface area contributed by atoms with Gasteiger partial charge in [0.25, 0.3) is 0 Å². The van der Waals surface area contributed by atoms with E-state index in [0.29, 0.717) is 5.69 Å². The van der Waals surface area contributed by atoms with E-state index in [9.17, 15) is 14.4 Å². The van der Waals surface area contributed by atoms with E-state index in [-0.39, 0.29) is 6.61 Å². The van der Waals surface area contributed by atoms with Crippen LogP contribution in [-0.4, -0.2) is 28.5 Å². The normalized spacial score (nSPS) is 10.6. The van der Waals surface area contributed by atoms with E-state index in [1.54, 1.807) is 17.5 Å². The molecule has 0 aliphatic rings. The summed E-state index contributed by atoms with van der Waals surface area (Å²) in [5.41, 5.74) is 2.83. The molecule has 126 valence electrons. The second kappa shape index (κ2) is 7.13. The smallest absolute Gasteiger partial charge is 0.375 e. The van der Waals surface area contributed by atoms with Gasteiger partial charge in [-0.15, -0.1) is 0 Å². The second-order valence-corrected chi connectivity index (χ2v) is 5.51. The number of ketones is 2. The van der Waals surface area contributed by atoms with Crippen LogP contribution in [0.5, 0.6) is 0 Å². The van der Waals surface area contributed by atoms with Gasteiger partial charge in [-0.3, -0.25) is 9.59 Å². The minimum atomic E-state index is -0.974. The SMILES string of the molecule is CCOC(=O)C(=O)CC(=O)c1c(-c2ccccc2)cc2ccccn12. The lowest BCUT2D eigenvalue weighted by atomic mass is 10.0. The van der Waals surface area contributed by atoms with Gasteiger partial charge in [0.2, 0.25) is 5.78 Å². The Morgan fingerprint density at radius 3 is 2.44 bits per heavy atom. The molecule has 2 aromatic heterocycles. The largest absolute Gasteiger partial charge is 0.460 e. The molecule has 0 spiro atoms. The molecular formula is C20H17NO4. The van der Waals surface area contributed by atoms with Crippen LogP contribution in [0, 0.1) is 0 Å². The lowest BCUT2D eigenvalue weighted by molar-refractivity contribution is -0.153. The van der Waals surface area contributed by atoms with Gasteiger partial charge in [-0.05, 0) is 30.7 Å². The summed E-state index contributed by atoms with van der Waals surface area (Å²) in [6.07, 6.45) is 1.25. The summed E-state index contributed by atoms with van der Waals surface area (Å²) in [7, 11) is 0. The van der Waals surface area contributed by atoms with Crippen molar-refractivity contribution in [1.29, 1.82) is 0 Å².